The lowest BCUT2D eigenvalue weighted by Crippen LogP contribution is -2.19. The van der Waals surface area contributed by atoms with E-state index in [1.165, 1.54) is 0 Å². The maximum atomic E-state index is 10.3. The van der Waals surface area contributed by atoms with Crippen LogP contribution in [0.4, 0.5) is 0 Å². The van der Waals surface area contributed by atoms with Gasteiger partial charge < -0.3 is 10.8 Å². The minimum Gasteiger partial charge on any atom is -0.481 e. The second-order valence-corrected chi connectivity index (χ2v) is 3.33. The molecule has 0 rings (SSSR count). The standard InChI is InChI=1S/C8H17NO2.ClH/c1-6(2)3-7(5-9)4-8(10)11;/h6-7H,3-5,9H2,1-2H3,(H,10,11);1H. The Bertz CT molecular complexity index is 128. The number of hydrogen-bond donors (Lipinski definition) is 2. The number of halogens is 1. The molecule has 0 heterocycles. The van der Waals surface area contributed by atoms with Gasteiger partial charge in [0.1, 0.15) is 0 Å². The van der Waals surface area contributed by atoms with Crippen LogP contribution in [0.3, 0.4) is 0 Å². The summed E-state index contributed by atoms with van der Waals surface area (Å²) in [4.78, 5) is 10.3. The molecule has 3 N–H and O–H groups in total. The molecule has 12 heavy (non-hydrogen) atoms. The van der Waals surface area contributed by atoms with Crippen LogP contribution in [0.2, 0.25) is 0 Å². The van der Waals surface area contributed by atoms with Crippen molar-refractivity contribution >= 4 is 18.4 Å². The number of carboxylic acids is 1. The Morgan fingerprint density at radius 1 is 1.50 bits per heavy atom. The summed E-state index contributed by atoms with van der Waals surface area (Å²) in [6.45, 7) is 4.62. The third-order valence-corrected chi connectivity index (χ3v) is 1.60. The number of hydrogen-bond acceptors (Lipinski definition) is 2. The Hall–Kier alpha value is -0.280. The predicted octanol–water partition coefficient (Wildman–Crippen LogP) is 1.50. The molecule has 0 aliphatic rings. The van der Waals surface area contributed by atoms with Gasteiger partial charge in [0, 0.05) is 6.42 Å². The summed E-state index contributed by atoms with van der Waals surface area (Å²) >= 11 is 0. The van der Waals surface area contributed by atoms with Crippen LogP contribution >= 0.6 is 12.4 Å². The van der Waals surface area contributed by atoms with Gasteiger partial charge in [-0.2, -0.15) is 0 Å². The second kappa shape index (κ2) is 7.37. The number of aliphatic carboxylic acids is 1. The Balaban J connectivity index is 0. The zero-order valence-corrected chi connectivity index (χ0v) is 8.43. The molecule has 0 aliphatic carbocycles. The average molecular weight is 196 g/mol. The lowest BCUT2D eigenvalue weighted by atomic mass is 9.94. The van der Waals surface area contributed by atoms with E-state index in [-0.39, 0.29) is 24.7 Å². The molecule has 0 aliphatic heterocycles. The minimum atomic E-state index is -0.749. The molecular weight excluding hydrogens is 178 g/mol. The molecule has 74 valence electrons. The molecule has 4 heteroatoms. The molecule has 1 atom stereocenters. The van der Waals surface area contributed by atoms with Gasteiger partial charge in [-0.05, 0) is 24.8 Å². The van der Waals surface area contributed by atoms with Crippen molar-refractivity contribution in [1.82, 2.24) is 0 Å². The Morgan fingerprint density at radius 3 is 2.25 bits per heavy atom. The van der Waals surface area contributed by atoms with Gasteiger partial charge in [0.2, 0.25) is 0 Å². The van der Waals surface area contributed by atoms with Gasteiger partial charge in [0.15, 0.2) is 0 Å². The summed E-state index contributed by atoms with van der Waals surface area (Å²) in [5.41, 5.74) is 5.41. The van der Waals surface area contributed by atoms with Gasteiger partial charge in [0.25, 0.3) is 0 Å². The van der Waals surface area contributed by atoms with Crippen molar-refractivity contribution in [3.63, 3.8) is 0 Å². The molecular formula is C8H18ClNO2. The average Bonchev–Trinajstić information content (AvgIpc) is 1.84. The summed E-state index contributed by atoms with van der Waals surface area (Å²) in [7, 11) is 0. The fraction of sp³-hybridized carbons (Fsp3) is 0.875. The lowest BCUT2D eigenvalue weighted by molar-refractivity contribution is -0.138. The zero-order chi connectivity index (χ0) is 8.85. The van der Waals surface area contributed by atoms with Crippen LogP contribution in [0, 0.1) is 11.8 Å². The van der Waals surface area contributed by atoms with Gasteiger partial charge in [0.05, 0.1) is 0 Å². The van der Waals surface area contributed by atoms with Crippen LogP contribution in [0.25, 0.3) is 0 Å². The van der Waals surface area contributed by atoms with E-state index in [0.29, 0.717) is 12.5 Å². The summed E-state index contributed by atoms with van der Waals surface area (Å²) in [6.07, 6.45) is 1.11. The fourth-order valence-corrected chi connectivity index (χ4v) is 1.18. The van der Waals surface area contributed by atoms with Crippen LogP contribution in [0.1, 0.15) is 26.7 Å². The van der Waals surface area contributed by atoms with E-state index in [0.717, 1.165) is 6.42 Å². The highest BCUT2D eigenvalue weighted by atomic mass is 35.5. The number of nitrogens with two attached hydrogens (primary N) is 1. The van der Waals surface area contributed by atoms with E-state index in [1.54, 1.807) is 0 Å². The van der Waals surface area contributed by atoms with Crippen LogP contribution in [-0.4, -0.2) is 17.6 Å². The topological polar surface area (TPSA) is 63.3 Å². The number of rotatable bonds is 5. The normalized spacial score (nSPS) is 12.3. The molecule has 0 radical (unpaired) electrons. The zero-order valence-electron chi connectivity index (χ0n) is 7.62. The van der Waals surface area contributed by atoms with Gasteiger partial charge >= 0.3 is 5.97 Å². The molecule has 1 unspecified atom stereocenters. The smallest absolute Gasteiger partial charge is 0.303 e. The van der Waals surface area contributed by atoms with E-state index in [4.69, 9.17) is 10.8 Å². The van der Waals surface area contributed by atoms with Crippen LogP contribution in [0.5, 0.6) is 0 Å². The fourth-order valence-electron chi connectivity index (χ4n) is 1.18. The van der Waals surface area contributed by atoms with Crippen LogP contribution < -0.4 is 5.73 Å². The quantitative estimate of drug-likeness (QED) is 0.699. The third kappa shape index (κ3) is 7.82. The first-order chi connectivity index (χ1) is 5.06. The lowest BCUT2D eigenvalue weighted by Gasteiger charge is -2.13. The summed E-state index contributed by atoms with van der Waals surface area (Å²) in [6, 6.07) is 0. The Kier molecular flexibility index (Phi) is 8.76. The molecule has 3 nitrogen and oxygen atoms in total. The first kappa shape index (κ1) is 14.3. The Labute approximate surface area is 79.7 Å². The first-order valence-electron chi connectivity index (χ1n) is 3.98. The highest BCUT2D eigenvalue weighted by molar-refractivity contribution is 5.85. The van der Waals surface area contributed by atoms with Crippen LogP contribution in [0.15, 0.2) is 0 Å². The van der Waals surface area contributed by atoms with Crippen molar-refractivity contribution in [1.29, 1.82) is 0 Å². The van der Waals surface area contributed by atoms with Crippen molar-refractivity contribution in [2.45, 2.75) is 26.7 Å². The van der Waals surface area contributed by atoms with Gasteiger partial charge in [-0.1, -0.05) is 13.8 Å². The van der Waals surface area contributed by atoms with Crippen molar-refractivity contribution < 1.29 is 9.90 Å². The molecule has 0 aromatic heterocycles. The third-order valence-electron chi connectivity index (χ3n) is 1.60. The number of carbonyl (C=O) groups is 1. The maximum absolute atomic E-state index is 10.3. The van der Waals surface area contributed by atoms with E-state index in [9.17, 15) is 4.79 Å². The first-order valence-corrected chi connectivity index (χ1v) is 3.98. The minimum absolute atomic E-state index is 0. The SMILES string of the molecule is CC(C)CC(CN)CC(=O)O.Cl. The largest absolute Gasteiger partial charge is 0.481 e. The van der Waals surface area contributed by atoms with Gasteiger partial charge in [-0.3, -0.25) is 4.79 Å². The monoisotopic (exact) mass is 195 g/mol. The molecule has 0 aromatic carbocycles. The Morgan fingerprint density at radius 2 is 2.00 bits per heavy atom. The van der Waals surface area contributed by atoms with Gasteiger partial charge in [-0.15, -0.1) is 12.4 Å². The van der Waals surface area contributed by atoms with Crippen molar-refractivity contribution in [3.8, 4) is 0 Å². The molecule has 0 aromatic rings. The van der Waals surface area contributed by atoms with E-state index < -0.39 is 5.97 Å². The highest BCUT2D eigenvalue weighted by Crippen LogP contribution is 2.13. The molecule has 0 fully saturated rings. The van der Waals surface area contributed by atoms with Crippen molar-refractivity contribution in [3.05, 3.63) is 0 Å². The highest BCUT2D eigenvalue weighted by Gasteiger charge is 2.12. The second-order valence-electron chi connectivity index (χ2n) is 3.33. The molecule has 0 bridgehead atoms. The maximum Gasteiger partial charge on any atom is 0.303 e. The predicted molar refractivity (Wildman–Crippen MR) is 51.5 cm³/mol. The van der Waals surface area contributed by atoms with E-state index >= 15 is 0 Å². The molecule has 0 saturated heterocycles. The van der Waals surface area contributed by atoms with Crippen molar-refractivity contribution in [2.75, 3.05) is 6.54 Å². The summed E-state index contributed by atoms with van der Waals surface area (Å²) in [5.74, 6) is -0.0727. The molecule has 0 saturated carbocycles. The summed E-state index contributed by atoms with van der Waals surface area (Å²) < 4.78 is 0. The molecule has 0 amide bonds. The van der Waals surface area contributed by atoms with Gasteiger partial charge in [-0.25, -0.2) is 0 Å². The van der Waals surface area contributed by atoms with E-state index in [2.05, 4.69) is 13.8 Å². The van der Waals surface area contributed by atoms with Crippen molar-refractivity contribution in [2.24, 2.45) is 17.6 Å². The summed E-state index contributed by atoms with van der Waals surface area (Å²) in [5, 5.41) is 8.47. The van der Waals surface area contributed by atoms with E-state index in [1.807, 2.05) is 0 Å². The molecule has 0 spiro atoms. The van der Waals surface area contributed by atoms with Crippen LogP contribution in [-0.2, 0) is 4.79 Å². The number of carboxylic acid groups (broad SMARTS) is 1.